The Balaban J connectivity index is 1.70. The number of Topliss-reactive ketones (excluding diaryl/α,β-unsaturated/α-hetero) is 1. The maximum Gasteiger partial charge on any atom is 0.416 e. The molecule has 0 atom stereocenters. The van der Waals surface area contributed by atoms with Gasteiger partial charge in [0.2, 0.25) is 0 Å². The topological polar surface area (TPSA) is 87.3 Å². The molecule has 0 bridgehead atoms. The van der Waals surface area contributed by atoms with E-state index in [1.807, 2.05) is 0 Å². The highest BCUT2D eigenvalue weighted by Crippen LogP contribution is 2.33. The molecule has 0 unspecified atom stereocenters. The molecule has 0 aliphatic carbocycles. The molecule has 4 aromatic rings. The summed E-state index contributed by atoms with van der Waals surface area (Å²) in [5, 5.41) is 6.50. The van der Waals surface area contributed by atoms with Crippen LogP contribution in [0.25, 0.3) is 22.4 Å². The SMILES string of the molecule is O=C(Cc1cccc(-c2ncn[nH]2)c1)c1cc(C(F)(F)F)cc2[nH]cnc12. The summed E-state index contributed by atoms with van der Waals surface area (Å²) in [6.07, 6.45) is -1.98. The number of aromatic amines is 2. The van der Waals surface area contributed by atoms with Crippen molar-refractivity contribution in [3.63, 3.8) is 0 Å². The zero-order valence-corrected chi connectivity index (χ0v) is 13.7. The summed E-state index contributed by atoms with van der Waals surface area (Å²) in [4.78, 5) is 23.4. The maximum atomic E-state index is 13.1. The molecule has 2 N–H and O–H groups in total. The number of carbonyl (C=O) groups excluding carboxylic acids is 1. The van der Waals surface area contributed by atoms with Crippen LogP contribution in [0.4, 0.5) is 13.2 Å². The highest BCUT2D eigenvalue weighted by atomic mass is 19.4. The summed E-state index contributed by atoms with van der Waals surface area (Å²) in [5.74, 6) is 0.0889. The van der Waals surface area contributed by atoms with Crippen LogP contribution in [0.5, 0.6) is 0 Å². The van der Waals surface area contributed by atoms with Gasteiger partial charge in [0.05, 0.1) is 22.9 Å². The first-order valence-electron chi connectivity index (χ1n) is 7.94. The van der Waals surface area contributed by atoms with Gasteiger partial charge in [0, 0.05) is 17.5 Å². The zero-order valence-electron chi connectivity index (χ0n) is 13.7. The summed E-state index contributed by atoms with van der Waals surface area (Å²) in [5.41, 5.74) is 0.814. The number of ketones is 1. The lowest BCUT2D eigenvalue weighted by Gasteiger charge is -2.10. The van der Waals surface area contributed by atoms with E-state index < -0.39 is 17.5 Å². The quantitative estimate of drug-likeness (QED) is 0.534. The largest absolute Gasteiger partial charge is 0.416 e. The zero-order chi connectivity index (χ0) is 19.0. The Morgan fingerprint density at radius 3 is 2.70 bits per heavy atom. The third-order valence-electron chi connectivity index (χ3n) is 4.13. The molecule has 2 heterocycles. The average molecular weight is 371 g/mol. The smallest absolute Gasteiger partial charge is 0.345 e. The number of aromatic nitrogens is 5. The number of nitrogens with zero attached hydrogens (tertiary/aromatic N) is 3. The number of benzene rings is 2. The Morgan fingerprint density at radius 1 is 1.11 bits per heavy atom. The first-order valence-corrected chi connectivity index (χ1v) is 7.94. The van der Waals surface area contributed by atoms with Gasteiger partial charge in [-0.3, -0.25) is 9.89 Å². The molecule has 0 spiro atoms. The molecule has 4 rings (SSSR count). The number of nitrogens with one attached hydrogen (secondary N) is 2. The number of hydrogen-bond donors (Lipinski definition) is 2. The lowest BCUT2D eigenvalue weighted by Crippen LogP contribution is -2.10. The summed E-state index contributed by atoms with van der Waals surface area (Å²) in [7, 11) is 0. The number of halogens is 3. The minimum atomic E-state index is -4.56. The Bertz CT molecular complexity index is 1120. The summed E-state index contributed by atoms with van der Waals surface area (Å²) in [6.45, 7) is 0. The van der Waals surface area contributed by atoms with Gasteiger partial charge in [-0.25, -0.2) is 9.97 Å². The Hall–Kier alpha value is -3.49. The fourth-order valence-electron chi connectivity index (χ4n) is 2.88. The molecule has 0 aliphatic heterocycles. The molecule has 0 aliphatic rings. The van der Waals surface area contributed by atoms with Gasteiger partial charge in [0.1, 0.15) is 6.33 Å². The normalized spacial score (nSPS) is 11.8. The second-order valence-corrected chi connectivity index (χ2v) is 5.95. The molecule has 27 heavy (non-hydrogen) atoms. The van der Waals surface area contributed by atoms with Crippen LogP contribution in [-0.2, 0) is 12.6 Å². The van der Waals surface area contributed by atoms with Gasteiger partial charge in [-0.1, -0.05) is 18.2 Å². The fourth-order valence-corrected chi connectivity index (χ4v) is 2.88. The number of imidazole rings is 1. The number of alkyl halides is 3. The van der Waals surface area contributed by atoms with E-state index in [9.17, 15) is 18.0 Å². The van der Waals surface area contributed by atoms with E-state index in [-0.39, 0.29) is 23.0 Å². The number of H-pyrrole nitrogens is 2. The van der Waals surface area contributed by atoms with Crippen molar-refractivity contribution in [3.8, 4) is 11.4 Å². The standard InChI is InChI=1S/C18H12F3N5O/c19-18(20,21)12-6-13(16-14(7-12)22-8-23-16)15(27)5-10-2-1-3-11(4-10)17-24-9-25-26-17/h1-4,6-9H,5H2,(H,22,23)(H,24,25,26). The van der Waals surface area contributed by atoms with Crippen molar-refractivity contribution in [2.45, 2.75) is 12.6 Å². The van der Waals surface area contributed by atoms with E-state index in [0.29, 0.717) is 11.4 Å². The predicted molar refractivity (Wildman–Crippen MR) is 90.9 cm³/mol. The van der Waals surface area contributed by atoms with Crippen molar-refractivity contribution in [1.82, 2.24) is 25.1 Å². The monoisotopic (exact) mass is 371 g/mol. The van der Waals surface area contributed by atoms with Crippen LogP contribution < -0.4 is 0 Å². The van der Waals surface area contributed by atoms with Crippen LogP contribution in [0.1, 0.15) is 21.5 Å². The summed E-state index contributed by atoms with van der Waals surface area (Å²) >= 11 is 0. The van der Waals surface area contributed by atoms with Crippen molar-refractivity contribution < 1.29 is 18.0 Å². The molecular formula is C18H12F3N5O. The van der Waals surface area contributed by atoms with Gasteiger partial charge < -0.3 is 4.98 Å². The van der Waals surface area contributed by atoms with Gasteiger partial charge in [-0.2, -0.15) is 18.3 Å². The average Bonchev–Trinajstić information content (AvgIpc) is 3.32. The second-order valence-electron chi connectivity index (χ2n) is 5.95. The molecule has 136 valence electrons. The van der Waals surface area contributed by atoms with Gasteiger partial charge in [-0.15, -0.1) is 0 Å². The number of fused-ring (bicyclic) bond motifs is 1. The fraction of sp³-hybridized carbons (Fsp3) is 0.111. The van der Waals surface area contributed by atoms with Crippen LogP contribution in [0, 0.1) is 0 Å². The first kappa shape index (κ1) is 17.0. The number of carbonyl (C=O) groups is 1. The highest BCUT2D eigenvalue weighted by molar-refractivity contribution is 6.07. The molecule has 0 amide bonds. The molecule has 0 radical (unpaired) electrons. The molecular weight excluding hydrogens is 359 g/mol. The van der Waals surface area contributed by atoms with Crippen molar-refractivity contribution in [2.24, 2.45) is 0 Å². The van der Waals surface area contributed by atoms with Crippen LogP contribution in [0.2, 0.25) is 0 Å². The van der Waals surface area contributed by atoms with Crippen molar-refractivity contribution in [2.75, 3.05) is 0 Å². The molecule has 0 saturated carbocycles. The van der Waals surface area contributed by atoms with Crippen molar-refractivity contribution in [1.29, 1.82) is 0 Å². The Kier molecular flexibility index (Phi) is 3.98. The van der Waals surface area contributed by atoms with Crippen molar-refractivity contribution >= 4 is 16.8 Å². The van der Waals surface area contributed by atoms with Crippen LogP contribution in [0.15, 0.2) is 49.1 Å². The Morgan fingerprint density at radius 2 is 1.96 bits per heavy atom. The molecule has 6 nitrogen and oxygen atoms in total. The van der Waals surface area contributed by atoms with E-state index in [2.05, 4.69) is 25.1 Å². The van der Waals surface area contributed by atoms with Gasteiger partial charge >= 0.3 is 6.18 Å². The van der Waals surface area contributed by atoms with Gasteiger partial charge in [0.25, 0.3) is 0 Å². The first-order chi connectivity index (χ1) is 12.9. The van der Waals surface area contributed by atoms with Gasteiger partial charge in [0.15, 0.2) is 11.6 Å². The molecule has 2 aromatic carbocycles. The summed E-state index contributed by atoms with van der Waals surface area (Å²) < 4.78 is 39.4. The van der Waals surface area contributed by atoms with Crippen LogP contribution in [0.3, 0.4) is 0 Å². The van der Waals surface area contributed by atoms with Gasteiger partial charge in [-0.05, 0) is 23.8 Å². The molecule has 2 aromatic heterocycles. The van der Waals surface area contributed by atoms with Crippen LogP contribution in [-0.4, -0.2) is 30.9 Å². The highest BCUT2D eigenvalue weighted by Gasteiger charge is 2.32. The molecule has 0 fully saturated rings. The van der Waals surface area contributed by atoms with Crippen LogP contribution >= 0.6 is 0 Å². The van der Waals surface area contributed by atoms with E-state index in [4.69, 9.17) is 0 Å². The maximum absolute atomic E-state index is 13.1. The predicted octanol–water partition coefficient (Wildman–Crippen LogP) is 3.79. The third kappa shape index (κ3) is 3.31. The lowest BCUT2D eigenvalue weighted by atomic mass is 9.98. The second kappa shape index (κ2) is 6.35. The Labute approximate surface area is 150 Å². The van der Waals surface area contributed by atoms with Crippen molar-refractivity contribution in [3.05, 3.63) is 65.7 Å². The number of hydrogen-bond acceptors (Lipinski definition) is 4. The molecule has 9 heteroatoms. The van der Waals surface area contributed by atoms with E-state index >= 15 is 0 Å². The van der Waals surface area contributed by atoms with E-state index in [1.165, 1.54) is 12.7 Å². The lowest BCUT2D eigenvalue weighted by molar-refractivity contribution is -0.137. The van der Waals surface area contributed by atoms with E-state index in [1.54, 1.807) is 24.3 Å². The number of rotatable bonds is 4. The summed E-state index contributed by atoms with van der Waals surface area (Å²) in [6, 6.07) is 8.82. The molecule has 0 saturated heterocycles. The minimum absolute atomic E-state index is 0.0638. The minimum Gasteiger partial charge on any atom is -0.345 e. The van der Waals surface area contributed by atoms with E-state index in [0.717, 1.165) is 17.7 Å². The third-order valence-corrected chi connectivity index (χ3v) is 4.13.